The van der Waals surface area contributed by atoms with Gasteiger partial charge in [-0.1, -0.05) is 13.8 Å². The van der Waals surface area contributed by atoms with Crippen LogP contribution in [0.2, 0.25) is 0 Å². The molecule has 0 atom stereocenters. The summed E-state index contributed by atoms with van der Waals surface area (Å²) in [4.78, 5) is 1.92. The van der Waals surface area contributed by atoms with Crippen LogP contribution in [0.25, 0.3) is 0 Å². The van der Waals surface area contributed by atoms with Crippen molar-refractivity contribution in [2.75, 3.05) is 18.0 Å². The van der Waals surface area contributed by atoms with Crippen molar-refractivity contribution in [3.63, 3.8) is 0 Å². The Kier molecular flexibility index (Phi) is 4.82. The van der Waals surface area contributed by atoms with Crippen molar-refractivity contribution in [1.29, 1.82) is 5.26 Å². The summed E-state index contributed by atoms with van der Waals surface area (Å²) < 4.78 is 37.8. The fourth-order valence-corrected chi connectivity index (χ4v) is 1.92. The van der Waals surface area contributed by atoms with E-state index in [1.807, 2.05) is 31.7 Å². The van der Waals surface area contributed by atoms with Crippen LogP contribution in [0.15, 0.2) is 18.2 Å². The van der Waals surface area contributed by atoms with E-state index in [9.17, 15) is 13.2 Å². The fourth-order valence-electron chi connectivity index (χ4n) is 1.92. The molecule has 1 aromatic carbocycles. The third-order valence-corrected chi connectivity index (χ3v) is 2.75. The van der Waals surface area contributed by atoms with Crippen LogP contribution in [-0.4, -0.2) is 13.1 Å². The van der Waals surface area contributed by atoms with E-state index in [2.05, 4.69) is 0 Å². The molecule has 5 heteroatoms. The van der Waals surface area contributed by atoms with Crippen molar-refractivity contribution < 1.29 is 13.2 Å². The molecule has 0 radical (unpaired) electrons. The van der Waals surface area contributed by atoms with E-state index < -0.39 is 11.7 Å². The zero-order valence-corrected chi connectivity index (χ0v) is 11.3. The molecule has 104 valence electrons. The van der Waals surface area contributed by atoms with Crippen LogP contribution in [0, 0.1) is 17.2 Å². The Bertz CT molecular complexity index is 473. The fraction of sp³-hybridized carbons (Fsp3) is 0.500. The molecule has 19 heavy (non-hydrogen) atoms. The summed E-state index contributed by atoms with van der Waals surface area (Å²) in [5, 5.41) is 9.04. The SMILES string of the molecule is CCN(CC(C)C)c1ccc(C(F)(F)F)cc1C#N. The molecule has 0 amide bonds. The van der Waals surface area contributed by atoms with Gasteiger partial charge in [-0.3, -0.25) is 0 Å². The summed E-state index contributed by atoms with van der Waals surface area (Å²) in [5.41, 5.74) is -0.155. The maximum atomic E-state index is 12.6. The average Bonchev–Trinajstić information content (AvgIpc) is 2.33. The minimum atomic E-state index is -4.42. The molecule has 2 nitrogen and oxygen atoms in total. The van der Waals surface area contributed by atoms with Gasteiger partial charge in [0.05, 0.1) is 16.8 Å². The number of halogens is 3. The quantitative estimate of drug-likeness (QED) is 0.825. The van der Waals surface area contributed by atoms with Gasteiger partial charge in [0, 0.05) is 13.1 Å². The number of benzene rings is 1. The normalized spacial score (nSPS) is 11.5. The first-order valence-electron chi connectivity index (χ1n) is 6.15. The van der Waals surface area contributed by atoms with Gasteiger partial charge in [-0.25, -0.2) is 0 Å². The summed E-state index contributed by atoms with van der Waals surface area (Å²) in [7, 11) is 0. The van der Waals surface area contributed by atoms with Gasteiger partial charge >= 0.3 is 6.18 Å². The topological polar surface area (TPSA) is 27.0 Å². The molecule has 0 saturated carbocycles. The predicted molar refractivity (Wildman–Crippen MR) is 68.9 cm³/mol. The molecule has 0 spiro atoms. The summed E-state index contributed by atoms with van der Waals surface area (Å²) in [6.45, 7) is 7.33. The minimum absolute atomic E-state index is 0.0670. The Hall–Kier alpha value is -1.70. The molecular formula is C14H17F3N2. The number of hydrogen-bond donors (Lipinski definition) is 0. The van der Waals surface area contributed by atoms with Gasteiger partial charge in [0.15, 0.2) is 0 Å². The second-order valence-corrected chi connectivity index (χ2v) is 4.77. The number of hydrogen-bond acceptors (Lipinski definition) is 2. The summed E-state index contributed by atoms with van der Waals surface area (Å²) in [6, 6.07) is 5.18. The first kappa shape index (κ1) is 15.4. The number of nitrogens with zero attached hydrogens (tertiary/aromatic N) is 2. The molecule has 0 bridgehead atoms. The number of anilines is 1. The third kappa shape index (κ3) is 3.88. The zero-order chi connectivity index (χ0) is 14.6. The van der Waals surface area contributed by atoms with Crippen LogP contribution in [0.5, 0.6) is 0 Å². The molecule has 0 unspecified atom stereocenters. The molecule has 0 aliphatic carbocycles. The standard InChI is InChI=1S/C14H17F3N2/c1-4-19(9-10(2)3)13-6-5-12(14(15,16)17)7-11(13)8-18/h5-7,10H,4,9H2,1-3H3. The lowest BCUT2D eigenvalue weighted by atomic mass is 10.1. The van der Waals surface area contributed by atoms with Crippen molar-refractivity contribution in [3.8, 4) is 6.07 Å². The second-order valence-electron chi connectivity index (χ2n) is 4.77. The van der Waals surface area contributed by atoms with Crippen LogP contribution in [0.3, 0.4) is 0 Å². The maximum Gasteiger partial charge on any atom is 0.416 e. The third-order valence-electron chi connectivity index (χ3n) is 2.75. The Morgan fingerprint density at radius 3 is 2.37 bits per heavy atom. The number of nitriles is 1. The van der Waals surface area contributed by atoms with Gasteiger partial charge in [-0.2, -0.15) is 18.4 Å². The molecule has 0 aliphatic heterocycles. The van der Waals surface area contributed by atoms with Crippen molar-refractivity contribution in [1.82, 2.24) is 0 Å². The van der Waals surface area contributed by atoms with Crippen LogP contribution in [0.4, 0.5) is 18.9 Å². The Morgan fingerprint density at radius 2 is 1.95 bits per heavy atom. The molecule has 0 heterocycles. The first-order valence-corrected chi connectivity index (χ1v) is 6.15. The minimum Gasteiger partial charge on any atom is -0.370 e. The highest BCUT2D eigenvalue weighted by Crippen LogP contribution is 2.32. The van der Waals surface area contributed by atoms with Crippen LogP contribution in [-0.2, 0) is 6.18 Å². The number of alkyl halides is 3. The van der Waals surface area contributed by atoms with E-state index in [1.54, 1.807) is 0 Å². The van der Waals surface area contributed by atoms with E-state index in [1.165, 1.54) is 6.07 Å². The Balaban J connectivity index is 3.19. The van der Waals surface area contributed by atoms with Crippen LogP contribution in [0.1, 0.15) is 31.9 Å². The predicted octanol–water partition coefficient (Wildman–Crippen LogP) is 4.06. The zero-order valence-electron chi connectivity index (χ0n) is 11.3. The largest absolute Gasteiger partial charge is 0.416 e. The Labute approximate surface area is 111 Å². The maximum absolute atomic E-state index is 12.6. The molecule has 1 rings (SSSR count). The van der Waals surface area contributed by atoms with Crippen LogP contribution >= 0.6 is 0 Å². The van der Waals surface area contributed by atoms with Crippen LogP contribution < -0.4 is 4.90 Å². The summed E-state index contributed by atoms with van der Waals surface area (Å²) in [6.07, 6.45) is -4.42. The molecular weight excluding hydrogens is 253 g/mol. The van der Waals surface area contributed by atoms with Crippen molar-refractivity contribution in [3.05, 3.63) is 29.3 Å². The second kappa shape index (κ2) is 5.96. The lowest BCUT2D eigenvalue weighted by Gasteiger charge is -2.26. The number of rotatable bonds is 4. The van der Waals surface area contributed by atoms with Crippen molar-refractivity contribution >= 4 is 5.69 Å². The van der Waals surface area contributed by atoms with Gasteiger partial charge in [0.1, 0.15) is 6.07 Å². The smallest absolute Gasteiger partial charge is 0.370 e. The summed E-state index contributed by atoms with van der Waals surface area (Å²) in [5.74, 6) is 0.369. The lowest BCUT2D eigenvalue weighted by molar-refractivity contribution is -0.137. The van der Waals surface area contributed by atoms with Gasteiger partial charge in [0.25, 0.3) is 0 Å². The van der Waals surface area contributed by atoms with E-state index in [-0.39, 0.29) is 5.56 Å². The highest BCUT2D eigenvalue weighted by molar-refractivity contribution is 5.60. The van der Waals surface area contributed by atoms with Crippen molar-refractivity contribution in [2.24, 2.45) is 5.92 Å². The monoisotopic (exact) mass is 270 g/mol. The van der Waals surface area contributed by atoms with E-state index in [4.69, 9.17) is 5.26 Å². The van der Waals surface area contributed by atoms with Gasteiger partial charge in [0.2, 0.25) is 0 Å². The van der Waals surface area contributed by atoms with Gasteiger partial charge in [-0.05, 0) is 31.0 Å². The highest BCUT2D eigenvalue weighted by Gasteiger charge is 2.31. The van der Waals surface area contributed by atoms with Gasteiger partial charge in [-0.15, -0.1) is 0 Å². The molecule has 0 N–H and O–H groups in total. The first-order chi connectivity index (χ1) is 8.79. The molecule has 0 fully saturated rings. The van der Waals surface area contributed by atoms with Crippen molar-refractivity contribution in [2.45, 2.75) is 26.9 Å². The Morgan fingerprint density at radius 1 is 1.32 bits per heavy atom. The highest BCUT2D eigenvalue weighted by atomic mass is 19.4. The molecule has 0 aliphatic rings. The van der Waals surface area contributed by atoms with E-state index in [0.29, 0.717) is 24.7 Å². The molecule has 1 aromatic rings. The van der Waals surface area contributed by atoms with E-state index in [0.717, 1.165) is 12.1 Å². The summed E-state index contributed by atoms with van der Waals surface area (Å²) >= 11 is 0. The van der Waals surface area contributed by atoms with Gasteiger partial charge < -0.3 is 4.90 Å². The molecule has 0 saturated heterocycles. The average molecular weight is 270 g/mol. The van der Waals surface area contributed by atoms with E-state index >= 15 is 0 Å². The molecule has 0 aromatic heterocycles. The lowest BCUT2D eigenvalue weighted by Crippen LogP contribution is -2.28.